The van der Waals surface area contributed by atoms with E-state index < -0.39 is 11.8 Å². The van der Waals surface area contributed by atoms with Crippen LogP contribution >= 0.6 is 15.9 Å². The number of hydrogen-bond donors (Lipinski definition) is 1. The van der Waals surface area contributed by atoms with Crippen LogP contribution in [0.5, 0.6) is 0 Å². The highest BCUT2D eigenvalue weighted by atomic mass is 79.9. The minimum atomic E-state index is -0.497. The van der Waals surface area contributed by atoms with Crippen LogP contribution in [0.3, 0.4) is 0 Å². The van der Waals surface area contributed by atoms with E-state index in [1.54, 1.807) is 6.92 Å². The number of ether oxygens (including phenoxy) is 1. The van der Waals surface area contributed by atoms with Gasteiger partial charge in [0.15, 0.2) is 10.6 Å². The van der Waals surface area contributed by atoms with Crippen molar-refractivity contribution in [2.75, 3.05) is 6.61 Å². The summed E-state index contributed by atoms with van der Waals surface area (Å²) in [5, 5.41) is 0. The Morgan fingerprint density at radius 2 is 2.38 bits per heavy atom. The Balaban J connectivity index is 2.62. The smallest absolute Gasteiger partial charge is 0.340 e. The normalized spacial score (nSPS) is 10.7. The zero-order valence-electron chi connectivity index (χ0n) is 8.38. The Bertz CT molecular complexity index is 553. The lowest BCUT2D eigenvalue weighted by molar-refractivity contribution is 0.0528. The van der Waals surface area contributed by atoms with Crippen LogP contribution in [0.4, 0.5) is 4.39 Å². The standard InChI is InChI=1S/C10H8BrFN2O2/c1-2-16-9(15)5-3-4-6(12)8-7(5)13-10(11)14-8/h3-4H,2H2,1H3,(H,13,14). The van der Waals surface area contributed by atoms with Gasteiger partial charge in [0.2, 0.25) is 0 Å². The van der Waals surface area contributed by atoms with Gasteiger partial charge in [0, 0.05) is 0 Å². The second kappa shape index (κ2) is 4.21. The van der Waals surface area contributed by atoms with Crippen molar-refractivity contribution >= 4 is 32.9 Å². The van der Waals surface area contributed by atoms with Crippen LogP contribution in [0.1, 0.15) is 17.3 Å². The van der Waals surface area contributed by atoms with E-state index >= 15 is 0 Å². The number of benzene rings is 1. The molecule has 1 aromatic carbocycles. The molecule has 0 fully saturated rings. The van der Waals surface area contributed by atoms with Gasteiger partial charge in [-0.2, -0.15) is 0 Å². The van der Waals surface area contributed by atoms with Gasteiger partial charge in [0.05, 0.1) is 17.7 Å². The lowest BCUT2D eigenvalue weighted by Crippen LogP contribution is -2.05. The number of esters is 1. The van der Waals surface area contributed by atoms with E-state index in [9.17, 15) is 9.18 Å². The lowest BCUT2D eigenvalue weighted by Gasteiger charge is -2.02. The number of nitrogens with one attached hydrogen (secondary N) is 1. The predicted molar refractivity (Wildman–Crippen MR) is 59.7 cm³/mol. The van der Waals surface area contributed by atoms with Crippen LogP contribution in [0.2, 0.25) is 0 Å². The molecule has 0 amide bonds. The van der Waals surface area contributed by atoms with E-state index in [-0.39, 0.29) is 17.7 Å². The first-order chi connectivity index (χ1) is 7.63. The summed E-state index contributed by atoms with van der Waals surface area (Å²) in [6, 6.07) is 2.57. The van der Waals surface area contributed by atoms with Crippen LogP contribution in [-0.2, 0) is 4.74 Å². The van der Waals surface area contributed by atoms with E-state index in [0.29, 0.717) is 10.3 Å². The molecule has 2 aromatic rings. The molecule has 0 spiro atoms. The fourth-order valence-electron chi connectivity index (χ4n) is 1.41. The van der Waals surface area contributed by atoms with E-state index in [4.69, 9.17) is 4.74 Å². The molecule has 1 aromatic heterocycles. The molecule has 4 nitrogen and oxygen atoms in total. The molecule has 0 aliphatic heterocycles. The number of aromatic amines is 1. The second-order valence-corrected chi connectivity index (χ2v) is 3.82. The number of carbonyl (C=O) groups is 1. The summed E-state index contributed by atoms with van der Waals surface area (Å²) in [5.74, 6) is -0.978. The molecular weight excluding hydrogens is 279 g/mol. The van der Waals surface area contributed by atoms with Crippen LogP contribution < -0.4 is 0 Å². The van der Waals surface area contributed by atoms with Gasteiger partial charge in [0.1, 0.15) is 5.52 Å². The topological polar surface area (TPSA) is 55.0 Å². The Hall–Kier alpha value is -1.43. The third-order valence-electron chi connectivity index (χ3n) is 2.06. The van der Waals surface area contributed by atoms with Crippen molar-refractivity contribution in [3.8, 4) is 0 Å². The van der Waals surface area contributed by atoms with E-state index in [1.807, 2.05) is 0 Å². The third kappa shape index (κ3) is 1.80. The highest BCUT2D eigenvalue weighted by Crippen LogP contribution is 2.22. The Labute approximate surface area is 98.9 Å². The summed E-state index contributed by atoms with van der Waals surface area (Å²) in [6.07, 6.45) is 0. The molecule has 0 aliphatic rings. The van der Waals surface area contributed by atoms with Crippen molar-refractivity contribution in [3.63, 3.8) is 0 Å². The highest BCUT2D eigenvalue weighted by molar-refractivity contribution is 9.10. The quantitative estimate of drug-likeness (QED) is 0.864. The molecule has 0 aliphatic carbocycles. The minimum absolute atomic E-state index is 0.123. The number of hydrogen-bond acceptors (Lipinski definition) is 3. The first-order valence-corrected chi connectivity index (χ1v) is 5.43. The molecule has 0 saturated carbocycles. The number of fused-ring (bicyclic) bond motifs is 1. The number of carbonyl (C=O) groups excluding carboxylic acids is 1. The monoisotopic (exact) mass is 286 g/mol. The maximum absolute atomic E-state index is 13.4. The van der Waals surface area contributed by atoms with E-state index in [0.717, 1.165) is 0 Å². The zero-order valence-corrected chi connectivity index (χ0v) is 9.97. The molecule has 0 unspecified atom stereocenters. The predicted octanol–water partition coefficient (Wildman–Crippen LogP) is 2.64. The number of H-pyrrole nitrogens is 1. The molecule has 1 N–H and O–H groups in total. The van der Waals surface area contributed by atoms with Crippen molar-refractivity contribution in [1.29, 1.82) is 0 Å². The highest BCUT2D eigenvalue weighted by Gasteiger charge is 2.16. The van der Waals surface area contributed by atoms with Gasteiger partial charge in [0.25, 0.3) is 0 Å². The maximum atomic E-state index is 13.4. The lowest BCUT2D eigenvalue weighted by atomic mass is 10.2. The molecule has 2 rings (SSSR count). The fourth-order valence-corrected chi connectivity index (χ4v) is 1.79. The molecule has 0 bridgehead atoms. The average molecular weight is 287 g/mol. The summed E-state index contributed by atoms with van der Waals surface area (Å²) in [6.45, 7) is 1.98. The van der Waals surface area contributed by atoms with Gasteiger partial charge >= 0.3 is 5.97 Å². The number of aromatic nitrogens is 2. The average Bonchev–Trinajstić information content (AvgIpc) is 2.61. The van der Waals surface area contributed by atoms with Crippen molar-refractivity contribution < 1.29 is 13.9 Å². The first-order valence-electron chi connectivity index (χ1n) is 4.64. The first kappa shape index (κ1) is 11.1. The van der Waals surface area contributed by atoms with Crippen LogP contribution in [0.25, 0.3) is 11.0 Å². The molecule has 1 heterocycles. The number of nitrogens with zero attached hydrogens (tertiary/aromatic N) is 1. The van der Waals surface area contributed by atoms with Crippen LogP contribution in [0, 0.1) is 5.82 Å². The van der Waals surface area contributed by atoms with Gasteiger partial charge in [-0.25, -0.2) is 14.2 Å². The van der Waals surface area contributed by atoms with Gasteiger partial charge in [-0.3, -0.25) is 0 Å². The van der Waals surface area contributed by atoms with Crippen LogP contribution in [0.15, 0.2) is 16.9 Å². The zero-order chi connectivity index (χ0) is 11.7. The Kier molecular flexibility index (Phi) is 2.91. The third-order valence-corrected chi connectivity index (χ3v) is 2.44. The molecule has 0 radical (unpaired) electrons. The Morgan fingerprint density at radius 1 is 1.62 bits per heavy atom. The molecule has 0 atom stereocenters. The fraction of sp³-hybridized carbons (Fsp3) is 0.200. The molecule has 84 valence electrons. The van der Waals surface area contributed by atoms with Gasteiger partial charge < -0.3 is 9.72 Å². The summed E-state index contributed by atoms with van der Waals surface area (Å²) < 4.78 is 18.6. The van der Waals surface area contributed by atoms with Crippen molar-refractivity contribution in [3.05, 3.63) is 28.2 Å². The van der Waals surface area contributed by atoms with Crippen molar-refractivity contribution in [2.45, 2.75) is 6.92 Å². The molecule has 6 heteroatoms. The van der Waals surface area contributed by atoms with Crippen molar-refractivity contribution in [2.24, 2.45) is 0 Å². The SMILES string of the molecule is CCOC(=O)c1ccc(F)c2nc(Br)[nH]c12. The number of rotatable bonds is 2. The van der Waals surface area contributed by atoms with E-state index in [2.05, 4.69) is 25.9 Å². The van der Waals surface area contributed by atoms with E-state index in [1.165, 1.54) is 12.1 Å². The second-order valence-electron chi connectivity index (χ2n) is 3.07. The summed E-state index contributed by atoms with van der Waals surface area (Å²) in [7, 11) is 0. The molecule has 16 heavy (non-hydrogen) atoms. The molecule has 0 saturated heterocycles. The Morgan fingerprint density at radius 3 is 3.06 bits per heavy atom. The number of halogens is 2. The van der Waals surface area contributed by atoms with Crippen molar-refractivity contribution in [1.82, 2.24) is 9.97 Å². The van der Waals surface area contributed by atoms with Gasteiger partial charge in [-0.1, -0.05) is 0 Å². The minimum Gasteiger partial charge on any atom is -0.462 e. The van der Waals surface area contributed by atoms with Crippen LogP contribution in [-0.4, -0.2) is 22.5 Å². The number of imidazole rings is 1. The van der Waals surface area contributed by atoms with Gasteiger partial charge in [-0.05, 0) is 35.0 Å². The maximum Gasteiger partial charge on any atom is 0.340 e. The summed E-state index contributed by atoms with van der Waals surface area (Å²) >= 11 is 3.10. The molecular formula is C10H8BrFN2O2. The summed E-state index contributed by atoms with van der Waals surface area (Å²) in [5.41, 5.74) is 0.735. The largest absolute Gasteiger partial charge is 0.462 e. The summed E-state index contributed by atoms with van der Waals surface area (Å²) in [4.78, 5) is 18.2. The van der Waals surface area contributed by atoms with Gasteiger partial charge in [-0.15, -0.1) is 0 Å².